The number of hydrogen-bond acceptors (Lipinski definition) is 3. The van der Waals surface area contributed by atoms with Gasteiger partial charge in [0.15, 0.2) is 0 Å². The van der Waals surface area contributed by atoms with E-state index in [4.69, 9.17) is 0 Å². The van der Waals surface area contributed by atoms with Gasteiger partial charge in [0.2, 0.25) is 12.2 Å². The predicted octanol–water partition coefficient (Wildman–Crippen LogP) is 2.49. The number of anilines is 1. The lowest BCUT2D eigenvalue weighted by molar-refractivity contribution is -0.668. The Morgan fingerprint density at radius 3 is 2.44 bits per heavy atom. The molecule has 0 fully saturated rings. The quantitative estimate of drug-likeness (QED) is 0.294. The van der Waals surface area contributed by atoms with Crippen molar-refractivity contribution in [1.82, 2.24) is 0 Å². The first-order valence-corrected chi connectivity index (χ1v) is 10.3. The van der Waals surface area contributed by atoms with Crippen molar-refractivity contribution >= 4 is 44.6 Å². The Bertz CT molecular complexity index is 1200. The summed E-state index contributed by atoms with van der Waals surface area (Å²) in [6, 6.07) is 28.3. The van der Waals surface area contributed by atoms with Gasteiger partial charge in [0.05, 0.1) is 11.3 Å². The van der Waals surface area contributed by atoms with E-state index in [1.54, 1.807) is 0 Å². The highest BCUT2D eigenvalue weighted by molar-refractivity contribution is 8.04. The van der Waals surface area contributed by atoms with Crippen LogP contribution in [0.5, 0.6) is 0 Å². The van der Waals surface area contributed by atoms with E-state index in [1.807, 2.05) is 23.1 Å². The molecule has 3 aromatic carbocycles. The van der Waals surface area contributed by atoms with Crippen molar-refractivity contribution < 1.29 is 28.5 Å². The fourth-order valence-corrected chi connectivity index (χ4v) is 6.31. The lowest BCUT2D eigenvalue weighted by Gasteiger charge is -2.23. The normalized spacial score (nSPS) is 14.6. The second-order valence-electron chi connectivity index (χ2n) is 6.49. The zero-order valence-electron chi connectivity index (χ0n) is 14.3. The van der Waals surface area contributed by atoms with E-state index < -0.39 is 0 Å². The topological polar surface area (TPSA) is 7.12 Å². The highest BCUT2D eigenvalue weighted by Crippen LogP contribution is 2.51. The fourth-order valence-electron chi connectivity index (χ4n) is 3.81. The van der Waals surface area contributed by atoms with Gasteiger partial charge in [0, 0.05) is 11.0 Å². The molecule has 4 aromatic rings. The van der Waals surface area contributed by atoms with Crippen molar-refractivity contribution in [1.29, 1.82) is 0 Å². The smallest absolute Gasteiger partial charge is 0.275 e. The van der Waals surface area contributed by atoms with Gasteiger partial charge in [-0.25, -0.2) is 0 Å². The standard InChI is InChI=1S/C22H15N2S2.HI/c1-2-8-15(9-3-1)20-21-23(16-10-4-6-12-18(16)25-21)14-24-17-11-5-7-13-19(17)26-22(20)24;/h1-13H,14H2;1H/q+1;/p-1. The maximum Gasteiger partial charge on any atom is 0.275 e. The highest BCUT2D eigenvalue weighted by Gasteiger charge is 2.40. The van der Waals surface area contributed by atoms with Gasteiger partial charge < -0.3 is 24.0 Å². The molecule has 0 bridgehead atoms. The number of rotatable bonds is 1. The van der Waals surface area contributed by atoms with Crippen molar-refractivity contribution in [2.24, 2.45) is 0 Å². The minimum Gasteiger partial charge on any atom is -1.00 e. The molecule has 2 aliphatic heterocycles. The molecule has 0 atom stereocenters. The molecule has 0 aliphatic carbocycles. The summed E-state index contributed by atoms with van der Waals surface area (Å²) in [6.45, 7) is 0.870. The fraction of sp³-hybridized carbons (Fsp3) is 0.0455. The number of aromatic nitrogens is 1. The molecule has 6 rings (SSSR count). The summed E-state index contributed by atoms with van der Waals surface area (Å²) in [6.07, 6.45) is 0. The number of benzene rings is 3. The lowest BCUT2D eigenvalue weighted by Crippen LogP contribution is -3.00. The van der Waals surface area contributed by atoms with Crippen molar-refractivity contribution in [2.75, 3.05) is 4.90 Å². The van der Waals surface area contributed by atoms with Crippen molar-refractivity contribution in [3.05, 3.63) is 94.5 Å². The monoisotopic (exact) mass is 498 g/mol. The van der Waals surface area contributed by atoms with Crippen LogP contribution in [0.3, 0.4) is 0 Å². The third kappa shape index (κ3) is 2.56. The van der Waals surface area contributed by atoms with E-state index in [-0.39, 0.29) is 24.0 Å². The molecule has 27 heavy (non-hydrogen) atoms. The Labute approximate surface area is 183 Å². The Hall–Kier alpha value is -1.83. The molecule has 0 saturated carbocycles. The molecular formula is C22H15IN2S2. The Morgan fingerprint density at radius 1 is 0.815 bits per heavy atom. The van der Waals surface area contributed by atoms with Gasteiger partial charge >= 0.3 is 0 Å². The van der Waals surface area contributed by atoms with Gasteiger partial charge in [0.25, 0.3) is 5.01 Å². The van der Waals surface area contributed by atoms with Gasteiger partial charge in [-0.1, -0.05) is 77.7 Å². The van der Waals surface area contributed by atoms with Gasteiger partial charge in [-0.3, -0.25) is 4.90 Å². The minimum atomic E-state index is 0. The zero-order chi connectivity index (χ0) is 17.1. The number of para-hydroxylation sites is 2. The Kier molecular flexibility index (Phi) is 4.26. The Balaban J connectivity index is 0.00000160. The molecular weight excluding hydrogens is 483 g/mol. The van der Waals surface area contributed by atoms with E-state index in [0.717, 1.165) is 6.67 Å². The number of fused-ring (bicyclic) bond motifs is 6. The molecule has 2 aliphatic rings. The summed E-state index contributed by atoms with van der Waals surface area (Å²) in [5, 5.41) is 2.70. The molecule has 0 amide bonds. The van der Waals surface area contributed by atoms with Crippen molar-refractivity contribution in [2.45, 2.75) is 11.6 Å². The first kappa shape index (κ1) is 17.3. The third-order valence-electron chi connectivity index (χ3n) is 4.99. The first-order chi connectivity index (χ1) is 12.9. The van der Waals surface area contributed by atoms with Crippen molar-refractivity contribution in [3.63, 3.8) is 0 Å². The van der Waals surface area contributed by atoms with E-state index >= 15 is 0 Å². The van der Waals surface area contributed by atoms with Crippen LogP contribution in [-0.4, -0.2) is 0 Å². The van der Waals surface area contributed by atoms with Gasteiger partial charge in [-0.2, -0.15) is 4.57 Å². The molecule has 0 saturated heterocycles. The number of halogens is 1. The summed E-state index contributed by atoms with van der Waals surface area (Å²) in [7, 11) is 0. The molecule has 2 nitrogen and oxygen atoms in total. The molecule has 0 unspecified atom stereocenters. The number of thioether (sulfide) groups is 1. The average molecular weight is 498 g/mol. The maximum atomic E-state index is 2.47. The largest absolute Gasteiger partial charge is 1.00 e. The molecule has 1 aromatic heterocycles. The number of nitrogens with zero attached hydrogens (tertiary/aromatic N) is 2. The van der Waals surface area contributed by atoms with Gasteiger partial charge in [0.1, 0.15) is 9.73 Å². The van der Waals surface area contributed by atoms with Crippen LogP contribution >= 0.6 is 23.1 Å². The second-order valence-corrected chi connectivity index (χ2v) is 8.55. The predicted molar refractivity (Wildman–Crippen MR) is 109 cm³/mol. The Morgan fingerprint density at radius 2 is 1.56 bits per heavy atom. The minimum absolute atomic E-state index is 0. The number of thiazole rings is 1. The third-order valence-corrected chi connectivity index (χ3v) is 7.35. The molecule has 3 heterocycles. The van der Waals surface area contributed by atoms with Crippen LogP contribution in [0.15, 0.2) is 88.8 Å². The summed E-state index contributed by atoms with van der Waals surface area (Å²) in [5.74, 6) is 0. The van der Waals surface area contributed by atoms with Crippen LogP contribution in [0.4, 0.5) is 5.69 Å². The lowest BCUT2D eigenvalue weighted by atomic mass is 10.1. The second kappa shape index (κ2) is 6.65. The number of hydrogen-bond donors (Lipinski definition) is 0. The molecule has 0 N–H and O–H groups in total. The first-order valence-electron chi connectivity index (χ1n) is 8.66. The van der Waals surface area contributed by atoms with Crippen LogP contribution in [0.2, 0.25) is 0 Å². The van der Waals surface area contributed by atoms with Crippen LogP contribution in [-0.2, 0) is 6.67 Å². The average Bonchev–Trinajstić information content (AvgIpc) is 3.25. The van der Waals surface area contributed by atoms with E-state index in [9.17, 15) is 0 Å². The maximum absolute atomic E-state index is 2.47. The van der Waals surface area contributed by atoms with Crippen molar-refractivity contribution in [3.8, 4) is 0 Å². The van der Waals surface area contributed by atoms with Gasteiger partial charge in [-0.05, 0) is 23.8 Å². The van der Waals surface area contributed by atoms with Crippen LogP contribution < -0.4 is 33.4 Å². The summed E-state index contributed by atoms with van der Waals surface area (Å²) in [4.78, 5) is 3.81. The van der Waals surface area contributed by atoms with Gasteiger partial charge in [-0.15, -0.1) is 0 Å². The summed E-state index contributed by atoms with van der Waals surface area (Å²) in [5.41, 5.74) is 5.26. The molecule has 0 radical (unpaired) electrons. The molecule has 0 spiro atoms. The van der Waals surface area contributed by atoms with E-state index in [2.05, 4.69) is 88.3 Å². The molecule has 132 valence electrons. The van der Waals surface area contributed by atoms with E-state index in [0.29, 0.717) is 0 Å². The highest BCUT2D eigenvalue weighted by atomic mass is 127. The summed E-state index contributed by atoms with van der Waals surface area (Å²) >= 11 is 3.79. The summed E-state index contributed by atoms with van der Waals surface area (Å²) < 4.78 is 3.81. The zero-order valence-corrected chi connectivity index (χ0v) is 18.1. The van der Waals surface area contributed by atoms with Crippen LogP contribution in [0.25, 0.3) is 15.8 Å². The molecule has 5 heteroatoms. The van der Waals surface area contributed by atoms with Crippen LogP contribution in [0, 0.1) is 0 Å². The van der Waals surface area contributed by atoms with E-state index in [1.165, 1.54) is 42.0 Å². The van der Waals surface area contributed by atoms with Crippen LogP contribution in [0.1, 0.15) is 10.6 Å². The SMILES string of the molecule is [I-].c1ccc(C2=C3Sc4ccccc4N3C[n+]3c2sc2ccccc23)cc1.